The quantitative estimate of drug-likeness (QED) is 0.835. The fourth-order valence-electron chi connectivity index (χ4n) is 2.40. The van der Waals surface area contributed by atoms with Crippen molar-refractivity contribution in [3.8, 4) is 0 Å². The Morgan fingerprint density at radius 1 is 1.50 bits per heavy atom. The van der Waals surface area contributed by atoms with Gasteiger partial charge in [-0.05, 0) is 31.9 Å². The number of halogens is 2. The van der Waals surface area contributed by atoms with Gasteiger partial charge in [0.2, 0.25) is 5.67 Å². The maximum atomic E-state index is 15.1. The Bertz CT molecular complexity index is 791. The topological polar surface area (TPSA) is 76.3 Å². The third-order valence-corrected chi connectivity index (χ3v) is 7.00. The molecule has 1 aliphatic rings. The van der Waals surface area contributed by atoms with Crippen LogP contribution >= 0.6 is 22.9 Å². The molecule has 1 atom stereocenters. The Labute approximate surface area is 135 Å². The summed E-state index contributed by atoms with van der Waals surface area (Å²) in [7, 11) is -3.78. The van der Waals surface area contributed by atoms with E-state index in [1.807, 2.05) is 0 Å². The van der Waals surface area contributed by atoms with Crippen molar-refractivity contribution in [3.63, 3.8) is 0 Å². The molecule has 0 N–H and O–H groups in total. The number of thiophene rings is 1. The average Bonchev–Trinajstić information content (AvgIpc) is 3.08. The number of nitrogens with zero attached hydrogens (tertiary/aromatic N) is 3. The van der Waals surface area contributed by atoms with E-state index in [-0.39, 0.29) is 29.6 Å². The molecule has 120 valence electrons. The van der Waals surface area contributed by atoms with Gasteiger partial charge in [0.05, 0.1) is 10.9 Å². The van der Waals surface area contributed by atoms with Crippen LogP contribution in [0.25, 0.3) is 0 Å². The molecule has 3 rings (SSSR count). The summed E-state index contributed by atoms with van der Waals surface area (Å²) in [6.45, 7) is 1.49. The Morgan fingerprint density at radius 2 is 2.27 bits per heavy atom. The van der Waals surface area contributed by atoms with E-state index >= 15 is 4.39 Å². The first-order chi connectivity index (χ1) is 10.3. The lowest BCUT2D eigenvalue weighted by Crippen LogP contribution is -2.46. The molecule has 0 bridgehead atoms. The zero-order valence-electron chi connectivity index (χ0n) is 11.6. The zero-order chi connectivity index (χ0) is 16.0. The summed E-state index contributed by atoms with van der Waals surface area (Å²) in [4.78, 5) is 3.91. The molecule has 10 heteroatoms. The van der Waals surface area contributed by atoms with Gasteiger partial charge in [0.15, 0.2) is 5.82 Å². The van der Waals surface area contributed by atoms with Gasteiger partial charge in [-0.15, -0.1) is 11.3 Å². The van der Waals surface area contributed by atoms with Crippen molar-refractivity contribution in [1.82, 2.24) is 14.4 Å². The van der Waals surface area contributed by atoms with Crippen LogP contribution in [0.2, 0.25) is 4.34 Å². The normalized spacial score (nSPS) is 23.8. The molecule has 1 saturated heterocycles. The van der Waals surface area contributed by atoms with Crippen molar-refractivity contribution in [2.75, 3.05) is 13.1 Å². The van der Waals surface area contributed by atoms with Crippen LogP contribution in [-0.2, 0) is 15.7 Å². The van der Waals surface area contributed by atoms with Crippen molar-refractivity contribution < 1.29 is 17.3 Å². The van der Waals surface area contributed by atoms with Crippen LogP contribution in [0.15, 0.2) is 20.9 Å². The lowest BCUT2D eigenvalue weighted by Gasteiger charge is -2.33. The van der Waals surface area contributed by atoms with E-state index in [1.165, 1.54) is 12.1 Å². The maximum Gasteiger partial charge on any atom is 0.265 e. The van der Waals surface area contributed by atoms with Crippen LogP contribution in [0.1, 0.15) is 24.6 Å². The van der Waals surface area contributed by atoms with E-state index in [0.29, 0.717) is 16.6 Å². The number of hydrogen-bond donors (Lipinski definition) is 0. The first kappa shape index (κ1) is 15.9. The minimum Gasteiger partial charge on any atom is -0.336 e. The van der Waals surface area contributed by atoms with Gasteiger partial charge in [-0.25, -0.2) is 12.8 Å². The second kappa shape index (κ2) is 5.55. The van der Waals surface area contributed by atoms with Crippen molar-refractivity contribution in [2.24, 2.45) is 0 Å². The first-order valence-electron chi connectivity index (χ1n) is 6.56. The third kappa shape index (κ3) is 2.78. The Hall–Kier alpha value is -1.03. The molecule has 2 aromatic heterocycles. The second-order valence-corrected chi connectivity index (χ2v) is 8.99. The summed E-state index contributed by atoms with van der Waals surface area (Å²) in [5.41, 5.74) is -1.96. The predicted octanol–water partition coefficient (Wildman–Crippen LogP) is 2.74. The standard InChI is InChI=1S/C12H13ClFN3O3S2/c1-8-15-11(20-16-8)12(14)5-2-6-17(7-12)22(18,19)10-4-3-9(13)21-10/h3-4H,2,5-7H2,1H3. The van der Waals surface area contributed by atoms with E-state index < -0.39 is 15.7 Å². The van der Waals surface area contributed by atoms with E-state index in [0.717, 1.165) is 15.6 Å². The van der Waals surface area contributed by atoms with Crippen LogP contribution in [0.5, 0.6) is 0 Å². The van der Waals surface area contributed by atoms with Gasteiger partial charge >= 0.3 is 0 Å². The molecule has 6 nitrogen and oxygen atoms in total. The van der Waals surface area contributed by atoms with E-state index in [2.05, 4.69) is 10.1 Å². The molecular weight excluding hydrogens is 353 g/mol. The number of alkyl halides is 1. The largest absolute Gasteiger partial charge is 0.336 e. The van der Waals surface area contributed by atoms with E-state index in [4.69, 9.17) is 16.1 Å². The van der Waals surface area contributed by atoms with Gasteiger partial charge in [0, 0.05) is 6.54 Å². The summed E-state index contributed by atoms with van der Waals surface area (Å²) < 4.78 is 46.7. The molecule has 1 aliphatic heterocycles. The molecule has 0 aromatic carbocycles. The smallest absolute Gasteiger partial charge is 0.265 e. The minimum atomic E-state index is -3.78. The molecule has 0 saturated carbocycles. The monoisotopic (exact) mass is 365 g/mol. The Morgan fingerprint density at radius 3 is 2.86 bits per heavy atom. The molecular formula is C12H13ClFN3O3S2. The van der Waals surface area contributed by atoms with Gasteiger partial charge in [0.1, 0.15) is 4.21 Å². The van der Waals surface area contributed by atoms with Gasteiger partial charge in [0.25, 0.3) is 15.9 Å². The summed E-state index contributed by atoms with van der Waals surface area (Å²) in [6.07, 6.45) is 0.516. The van der Waals surface area contributed by atoms with Crippen LogP contribution in [0.3, 0.4) is 0 Å². The number of aromatic nitrogens is 2. The zero-order valence-corrected chi connectivity index (χ0v) is 14.0. The Kier molecular flexibility index (Phi) is 4.00. The summed E-state index contributed by atoms with van der Waals surface area (Å²) in [5.74, 6) is 0.145. The number of piperidine rings is 1. The molecule has 0 amide bonds. The number of hydrogen-bond acceptors (Lipinski definition) is 6. The van der Waals surface area contributed by atoms with E-state index in [1.54, 1.807) is 6.92 Å². The molecule has 3 heterocycles. The van der Waals surface area contributed by atoms with Gasteiger partial charge in [-0.2, -0.15) is 9.29 Å². The third-order valence-electron chi connectivity index (χ3n) is 3.46. The van der Waals surface area contributed by atoms with Crippen molar-refractivity contribution >= 4 is 33.0 Å². The SMILES string of the molecule is Cc1noc(C2(F)CCCN(S(=O)(=O)c3ccc(Cl)s3)C2)n1. The highest BCUT2D eigenvalue weighted by Crippen LogP contribution is 2.38. The summed E-state index contributed by atoms with van der Waals surface area (Å²) >= 11 is 6.74. The lowest BCUT2D eigenvalue weighted by atomic mass is 9.96. The van der Waals surface area contributed by atoms with Crippen LogP contribution in [-0.4, -0.2) is 36.0 Å². The van der Waals surface area contributed by atoms with Crippen molar-refractivity contribution in [3.05, 3.63) is 28.2 Å². The van der Waals surface area contributed by atoms with Crippen LogP contribution < -0.4 is 0 Å². The fourth-order valence-corrected chi connectivity index (χ4v) is 5.55. The molecule has 0 radical (unpaired) electrons. The van der Waals surface area contributed by atoms with Crippen molar-refractivity contribution in [1.29, 1.82) is 0 Å². The maximum absolute atomic E-state index is 15.1. The predicted molar refractivity (Wildman–Crippen MR) is 79.1 cm³/mol. The molecule has 22 heavy (non-hydrogen) atoms. The highest BCUT2D eigenvalue weighted by Gasteiger charge is 2.46. The van der Waals surface area contributed by atoms with Crippen LogP contribution in [0.4, 0.5) is 4.39 Å². The number of rotatable bonds is 3. The number of aryl methyl sites for hydroxylation is 1. The second-order valence-electron chi connectivity index (χ2n) is 5.11. The summed E-state index contributed by atoms with van der Waals surface area (Å²) in [6, 6.07) is 2.93. The highest BCUT2D eigenvalue weighted by atomic mass is 35.5. The minimum absolute atomic E-state index is 0.100. The lowest BCUT2D eigenvalue weighted by molar-refractivity contribution is 0.0471. The fraction of sp³-hybridized carbons (Fsp3) is 0.500. The van der Waals surface area contributed by atoms with Crippen LogP contribution in [0, 0.1) is 6.92 Å². The first-order valence-corrected chi connectivity index (χ1v) is 9.20. The highest BCUT2D eigenvalue weighted by molar-refractivity contribution is 7.91. The Balaban J connectivity index is 1.90. The van der Waals surface area contributed by atoms with Crippen molar-refractivity contribution in [2.45, 2.75) is 29.6 Å². The number of sulfonamides is 1. The molecule has 2 aromatic rings. The van der Waals surface area contributed by atoms with Gasteiger partial charge in [-0.3, -0.25) is 0 Å². The molecule has 1 unspecified atom stereocenters. The summed E-state index contributed by atoms with van der Waals surface area (Å²) in [5, 5.41) is 3.58. The molecule has 0 aliphatic carbocycles. The molecule has 1 fully saturated rings. The van der Waals surface area contributed by atoms with Gasteiger partial charge in [-0.1, -0.05) is 16.8 Å². The average molecular weight is 366 g/mol. The molecule has 0 spiro atoms. The van der Waals surface area contributed by atoms with E-state index in [9.17, 15) is 8.42 Å². The van der Waals surface area contributed by atoms with Gasteiger partial charge < -0.3 is 4.52 Å².